The molecular formula is C54H72N8O9S. The molecule has 6 aliphatic heterocycles. The lowest BCUT2D eigenvalue weighted by molar-refractivity contribution is -0.158. The number of aromatic nitrogens is 3. The number of rotatable bonds is 13. The summed E-state index contributed by atoms with van der Waals surface area (Å²) in [6.07, 6.45) is 8.06. The molecule has 388 valence electrons. The van der Waals surface area contributed by atoms with Crippen molar-refractivity contribution in [3.8, 4) is 22.5 Å². The first-order chi connectivity index (χ1) is 34.9. The number of thiazole rings is 1. The van der Waals surface area contributed by atoms with Crippen molar-refractivity contribution < 1.29 is 42.8 Å². The first-order valence-electron chi connectivity index (χ1n) is 26.5. The molecule has 7 fully saturated rings. The zero-order valence-electron chi connectivity index (χ0n) is 42.6. The molecule has 18 heteroatoms. The first kappa shape index (κ1) is 49.7. The van der Waals surface area contributed by atoms with Crippen molar-refractivity contribution in [3.05, 3.63) is 52.1 Å². The average molecular weight is 1010 g/mol. The summed E-state index contributed by atoms with van der Waals surface area (Å²) in [4.78, 5) is 58.8. The average Bonchev–Trinajstić information content (AvgIpc) is 3.65. The van der Waals surface area contributed by atoms with Gasteiger partial charge in [0.1, 0.15) is 28.8 Å². The van der Waals surface area contributed by atoms with E-state index in [0.29, 0.717) is 82.5 Å². The molecular weight excluding hydrogens is 937 g/mol. The molecule has 2 saturated carbocycles. The number of nitrogens with one attached hydrogen (secondary N) is 2. The molecule has 5 saturated heterocycles. The molecule has 0 radical (unpaired) electrons. The Morgan fingerprint density at radius 2 is 1.83 bits per heavy atom. The minimum absolute atomic E-state index is 0.123. The highest BCUT2D eigenvalue weighted by Gasteiger charge is 2.58. The lowest BCUT2D eigenvalue weighted by Crippen LogP contribution is -2.63. The predicted molar refractivity (Wildman–Crippen MR) is 272 cm³/mol. The van der Waals surface area contributed by atoms with Gasteiger partial charge in [-0.3, -0.25) is 29.3 Å². The SMILES string of the molecule is CCO[C@@H]1c2nc(cs2)-c2ccc3c(c2)c(c(-c2cc(N4CCN(C5CC5)CC4)cnc2[C@H](C)OC)n3CCOC2CCOCC2)CC(C)(C)COC(=O)[C@@H]2CCCN(N2)C(=O)[C@H]1NC(=O)C12CC(CO1)C2. The minimum Gasteiger partial charge on any atom is -0.464 e. The predicted octanol–water partition coefficient (Wildman–Crippen LogP) is 6.38. The van der Waals surface area contributed by atoms with E-state index in [4.69, 9.17) is 38.4 Å². The summed E-state index contributed by atoms with van der Waals surface area (Å²) in [7, 11) is 1.74. The van der Waals surface area contributed by atoms with Crippen LogP contribution < -0.4 is 15.6 Å². The number of ether oxygens (including phenoxy) is 6. The van der Waals surface area contributed by atoms with Crippen LogP contribution >= 0.6 is 11.3 Å². The lowest BCUT2D eigenvalue weighted by atomic mass is 9.74. The van der Waals surface area contributed by atoms with E-state index >= 15 is 0 Å². The smallest absolute Gasteiger partial charge is 0.324 e. The Labute approximate surface area is 426 Å². The summed E-state index contributed by atoms with van der Waals surface area (Å²) in [6, 6.07) is 7.65. The second kappa shape index (κ2) is 20.6. The van der Waals surface area contributed by atoms with E-state index < -0.39 is 41.1 Å². The van der Waals surface area contributed by atoms with E-state index in [1.54, 1.807) is 7.11 Å². The van der Waals surface area contributed by atoms with E-state index in [-0.39, 0.29) is 31.3 Å². The van der Waals surface area contributed by atoms with E-state index in [2.05, 4.69) is 70.1 Å². The maximum absolute atomic E-state index is 14.8. The fourth-order valence-electron chi connectivity index (χ4n) is 11.9. The monoisotopic (exact) mass is 1010 g/mol. The molecule has 8 bridgehead atoms. The summed E-state index contributed by atoms with van der Waals surface area (Å²) in [5, 5.41) is 8.16. The number of hydrazine groups is 1. The number of carbonyl (C=O) groups is 3. The molecule has 4 atom stereocenters. The minimum atomic E-state index is -1.15. The highest BCUT2D eigenvalue weighted by molar-refractivity contribution is 7.10. The third-order valence-corrected chi connectivity index (χ3v) is 17.1. The molecule has 2 aliphatic carbocycles. The molecule has 1 aromatic carbocycles. The number of cyclic esters (lactones) is 1. The van der Waals surface area contributed by atoms with E-state index in [1.807, 2.05) is 18.5 Å². The van der Waals surface area contributed by atoms with Crippen LogP contribution in [0.2, 0.25) is 0 Å². The van der Waals surface area contributed by atoms with E-state index in [9.17, 15) is 14.4 Å². The van der Waals surface area contributed by atoms with E-state index in [0.717, 1.165) is 95.4 Å². The molecule has 17 nitrogen and oxygen atoms in total. The van der Waals surface area contributed by atoms with Crippen LogP contribution in [0.4, 0.5) is 5.69 Å². The number of anilines is 1. The number of esters is 1. The van der Waals surface area contributed by atoms with Crippen molar-refractivity contribution in [1.29, 1.82) is 0 Å². The highest BCUT2D eigenvalue weighted by atomic mass is 32.1. The Morgan fingerprint density at radius 1 is 1.03 bits per heavy atom. The van der Waals surface area contributed by atoms with Crippen LogP contribution in [0.3, 0.4) is 0 Å². The van der Waals surface area contributed by atoms with Gasteiger partial charge in [0, 0.05) is 105 Å². The summed E-state index contributed by atoms with van der Waals surface area (Å²) < 4.78 is 39.6. The normalized spacial score (nSPS) is 27.6. The fraction of sp³-hybridized carbons (Fsp3) is 0.648. The Bertz CT molecular complexity index is 2620. The van der Waals surface area contributed by atoms with Crippen LogP contribution in [0.25, 0.3) is 33.4 Å². The summed E-state index contributed by atoms with van der Waals surface area (Å²) in [5.41, 5.74) is 9.43. The Morgan fingerprint density at radius 3 is 2.57 bits per heavy atom. The van der Waals surface area contributed by atoms with Crippen LogP contribution in [0.1, 0.15) is 108 Å². The number of pyridine rings is 1. The van der Waals surface area contributed by atoms with Crippen LogP contribution in [0.5, 0.6) is 0 Å². The van der Waals surface area contributed by atoms with Crippen LogP contribution in [-0.2, 0) is 55.8 Å². The van der Waals surface area contributed by atoms with Crippen molar-refractivity contribution in [3.63, 3.8) is 0 Å². The Balaban J connectivity index is 1.05. The number of methoxy groups -OCH3 is 1. The van der Waals surface area contributed by atoms with Gasteiger partial charge in [0.15, 0.2) is 0 Å². The summed E-state index contributed by atoms with van der Waals surface area (Å²) in [5.74, 6) is -0.833. The third-order valence-electron chi connectivity index (χ3n) is 16.2. The Hall–Kier alpha value is -4.53. The first-order valence-corrected chi connectivity index (χ1v) is 27.4. The number of hydrogen-bond acceptors (Lipinski definition) is 15. The maximum atomic E-state index is 14.8. The van der Waals surface area contributed by atoms with Crippen molar-refractivity contribution in [2.75, 3.05) is 84.4 Å². The van der Waals surface area contributed by atoms with Crippen molar-refractivity contribution in [2.45, 2.75) is 134 Å². The van der Waals surface area contributed by atoms with Gasteiger partial charge in [-0.1, -0.05) is 19.9 Å². The standard InChI is InChI=1S/C54H72N8O9S/c1-6-68-48-46(57-52(65)54-26-34(27-54)30-71-54)50(63)62-15-7-8-42(58-62)51(64)70-32-53(3,4)28-41-39-24-35(43-31-72-49(48)56-43)9-12-44(39)61(20-23-69-38-13-21-67-22-14-38)47(41)40-25-37(29-55-45(40)33(2)66-5)60-18-16-59(17-19-60)36-10-11-36/h9,12,24-25,29,31,33-34,36,38,42,46,48,58H,6-8,10-11,13-23,26-28,30,32H2,1-5H3,(H,57,65)/t33-,34?,42-,46-,48-,54?/m0/s1. The van der Waals surface area contributed by atoms with Crippen molar-refractivity contribution >= 4 is 45.7 Å². The maximum Gasteiger partial charge on any atom is 0.324 e. The van der Waals surface area contributed by atoms with Crippen LogP contribution in [0, 0.1) is 11.3 Å². The molecule has 2 amide bonds. The third kappa shape index (κ3) is 9.94. The lowest BCUT2D eigenvalue weighted by Gasteiger charge is -2.39. The summed E-state index contributed by atoms with van der Waals surface area (Å²) >= 11 is 1.40. The van der Waals surface area contributed by atoms with Gasteiger partial charge in [0.05, 0.1) is 61.0 Å². The number of hydrogen-bond donors (Lipinski definition) is 2. The zero-order valence-corrected chi connectivity index (χ0v) is 43.4. The van der Waals surface area contributed by atoms with Crippen LogP contribution in [-0.4, -0.2) is 152 Å². The molecule has 12 rings (SSSR count). The van der Waals surface area contributed by atoms with Gasteiger partial charge in [0.25, 0.3) is 11.8 Å². The number of carbonyl (C=O) groups excluding carboxylic acids is 3. The van der Waals surface area contributed by atoms with Crippen molar-refractivity contribution in [1.82, 2.24) is 35.2 Å². The molecule has 4 aromatic rings. The highest BCUT2D eigenvalue weighted by Crippen LogP contribution is 2.49. The molecule has 9 heterocycles. The number of amides is 2. The molecule has 0 unspecified atom stereocenters. The number of nitrogens with zero attached hydrogens (tertiary/aromatic N) is 6. The Kier molecular flexibility index (Phi) is 14.2. The molecule has 72 heavy (non-hydrogen) atoms. The van der Waals surface area contributed by atoms with Gasteiger partial charge in [0.2, 0.25) is 0 Å². The molecule has 0 spiro atoms. The van der Waals surface area contributed by atoms with Gasteiger partial charge in [-0.15, -0.1) is 11.3 Å². The van der Waals surface area contributed by atoms with Gasteiger partial charge in [-0.05, 0) is 101 Å². The van der Waals surface area contributed by atoms with Crippen LogP contribution in [0.15, 0.2) is 35.8 Å². The van der Waals surface area contributed by atoms with Crippen molar-refractivity contribution in [2.24, 2.45) is 11.3 Å². The number of benzene rings is 1. The van der Waals surface area contributed by atoms with Gasteiger partial charge in [-0.25, -0.2) is 10.4 Å². The largest absolute Gasteiger partial charge is 0.464 e. The second-order valence-corrected chi connectivity index (χ2v) is 22.8. The summed E-state index contributed by atoms with van der Waals surface area (Å²) in [6.45, 7) is 15.9. The molecule has 8 aliphatic rings. The topological polar surface area (TPSA) is 171 Å². The molecule has 3 aromatic heterocycles. The van der Waals surface area contributed by atoms with Gasteiger partial charge in [-0.2, -0.15) is 0 Å². The number of piperazine rings is 1. The fourth-order valence-corrected chi connectivity index (χ4v) is 12.8. The van der Waals surface area contributed by atoms with Gasteiger partial charge < -0.3 is 43.2 Å². The number of fused-ring (bicyclic) bond motifs is 7. The zero-order chi connectivity index (χ0) is 49.7. The second-order valence-electron chi connectivity index (χ2n) is 21.9. The quantitative estimate of drug-likeness (QED) is 0.142. The van der Waals surface area contributed by atoms with Gasteiger partial charge >= 0.3 is 5.97 Å². The molecule has 2 N–H and O–H groups in total. The van der Waals surface area contributed by atoms with E-state index in [1.165, 1.54) is 29.2 Å².